The van der Waals surface area contributed by atoms with Crippen LogP contribution in [0.15, 0.2) is 18.2 Å². The normalized spacial score (nSPS) is 8.77. The Labute approximate surface area is 91.6 Å². The fraction of sp³-hybridized carbons (Fsp3) is 0. The molecular formula is C7H7Cl3N2O. The molecule has 0 saturated heterocycles. The van der Waals surface area contributed by atoms with E-state index >= 15 is 0 Å². The Kier molecular flexibility index (Phi) is 4.91. The van der Waals surface area contributed by atoms with Crippen molar-refractivity contribution in [3.63, 3.8) is 0 Å². The second-order valence-corrected chi connectivity index (χ2v) is 2.88. The van der Waals surface area contributed by atoms with Gasteiger partial charge in [-0.1, -0.05) is 29.3 Å². The molecule has 0 heterocycles. The van der Waals surface area contributed by atoms with Crippen molar-refractivity contribution >= 4 is 47.3 Å². The number of carbonyl (C=O) groups is 1. The SMILES string of the molecule is Cl.NC(=O)Nc1cccc(Cl)c1Cl. The van der Waals surface area contributed by atoms with E-state index in [1.807, 2.05) is 0 Å². The van der Waals surface area contributed by atoms with Gasteiger partial charge in [0.2, 0.25) is 0 Å². The summed E-state index contributed by atoms with van der Waals surface area (Å²) in [6.07, 6.45) is 0. The number of rotatable bonds is 1. The lowest BCUT2D eigenvalue weighted by atomic mass is 10.3. The minimum atomic E-state index is -0.667. The molecule has 13 heavy (non-hydrogen) atoms. The third-order valence-electron chi connectivity index (χ3n) is 1.21. The van der Waals surface area contributed by atoms with E-state index in [4.69, 9.17) is 28.9 Å². The summed E-state index contributed by atoms with van der Waals surface area (Å²) >= 11 is 11.4. The summed E-state index contributed by atoms with van der Waals surface area (Å²) in [5.41, 5.74) is 5.31. The summed E-state index contributed by atoms with van der Waals surface area (Å²) in [5, 5.41) is 3.00. The van der Waals surface area contributed by atoms with Crippen LogP contribution < -0.4 is 11.1 Å². The van der Waals surface area contributed by atoms with Crippen molar-refractivity contribution in [1.29, 1.82) is 0 Å². The lowest BCUT2D eigenvalue weighted by Gasteiger charge is -2.04. The van der Waals surface area contributed by atoms with E-state index in [1.54, 1.807) is 18.2 Å². The third kappa shape index (κ3) is 3.30. The maximum atomic E-state index is 10.4. The van der Waals surface area contributed by atoms with Gasteiger partial charge in [-0.3, -0.25) is 0 Å². The van der Waals surface area contributed by atoms with Gasteiger partial charge >= 0.3 is 6.03 Å². The maximum absolute atomic E-state index is 10.4. The molecule has 0 radical (unpaired) electrons. The number of urea groups is 1. The average molecular weight is 242 g/mol. The van der Waals surface area contributed by atoms with Crippen LogP contribution in [-0.2, 0) is 0 Å². The average Bonchev–Trinajstić information content (AvgIpc) is 1.98. The summed E-state index contributed by atoms with van der Waals surface area (Å²) in [4.78, 5) is 10.4. The number of anilines is 1. The molecule has 3 nitrogen and oxygen atoms in total. The van der Waals surface area contributed by atoms with Crippen molar-refractivity contribution in [3.8, 4) is 0 Å². The first-order valence-electron chi connectivity index (χ1n) is 3.11. The molecule has 6 heteroatoms. The van der Waals surface area contributed by atoms with Crippen LogP contribution in [0.2, 0.25) is 10.0 Å². The fourth-order valence-corrected chi connectivity index (χ4v) is 1.08. The first kappa shape index (κ1) is 12.4. The van der Waals surface area contributed by atoms with Crippen LogP contribution in [-0.4, -0.2) is 6.03 Å². The summed E-state index contributed by atoms with van der Waals surface area (Å²) in [7, 11) is 0. The van der Waals surface area contributed by atoms with Crippen LogP contribution in [0.25, 0.3) is 0 Å². The van der Waals surface area contributed by atoms with Gasteiger partial charge < -0.3 is 11.1 Å². The Morgan fingerprint density at radius 3 is 2.54 bits per heavy atom. The van der Waals surface area contributed by atoms with Gasteiger partial charge in [0.05, 0.1) is 15.7 Å². The predicted molar refractivity (Wildman–Crippen MR) is 56.9 cm³/mol. The number of hydrogen-bond acceptors (Lipinski definition) is 1. The topological polar surface area (TPSA) is 55.1 Å². The van der Waals surface area contributed by atoms with E-state index in [9.17, 15) is 4.79 Å². The molecule has 3 N–H and O–H groups in total. The standard InChI is InChI=1S/C7H6Cl2N2O.ClH/c8-4-2-1-3-5(6(4)9)11-7(10)12;/h1-3H,(H3,10,11,12);1H. The van der Waals surface area contributed by atoms with Crippen molar-refractivity contribution in [2.75, 3.05) is 5.32 Å². The first-order chi connectivity index (χ1) is 5.61. The van der Waals surface area contributed by atoms with Crippen molar-refractivity contribution in [2.24, 2.45) is 5.73 Å². The predicted octanol–water partition coefficient (Wildman–Crippen LogP) is 2.91. The van der Waals surface area contributed by atoms with E-state index in [2.05, 4.69) is 5.32 Å². The lowest BCUT2D eigenvalue weighted by molar-refractivity contribution is 0.259. The Morgan fingerprint density at radius 2 is 2.00 bits per heavy atom. The smallest absolute Gasteiger partial charge is 0.316 e. The second-order valence-electron chi connectivity index (χ2n) is 2.09. The van der Waals surface area contributed by atoms with Crippen LogP contribution in [0.4, 0.5) is 10.5 Å². The number of amides is 2. The minimum Gasteiger partial charge on any atom is -0.351 e. The number of benzene rings is 1. The largest absolute Gasteiger partial charge is 0.351 e. The molecule has 72 valence electrons. The number of halogens is 3. The van der Waals surface area contributed by atoms with Gasteiger partial charge in [-0.25, -0.2) is 4.79 Å². The molecule has 0 aromatic heterocycles. The Balaban J connectivity index is 0.00000144. The lowest BCUT2D eigenvalue weighted by Crippen LogP contribution is -2.19. The van der Waals surface area contributed by atoms with Crippen molar-refractivity contribution in [2.45, 2.75) is 0 Å². The van der Waals surface area contributed by atoms with E-state index in [0.717, 1.165) is 0 Å². The fourth-order valence-electron chi connectivity index (χ4n) is 0.733. The Bertz CT molecular complexity index is 317. The Morgan fingerprint density at radius 1 is 1.38 bits per heavy atom. The zero-order chi connectivity index (χ0) is 9.14. The van der Waals surface area contributed by atoms with Gasteiger partial charge in [0.1, 0.15) is 0 Å². The molecule has 0 unspecified atom stereocenters. The summed E-state index contributed by atoms with van der Waals surface area (Å²) in [6, 6.07) is 4.23. The van der Waals surface area contributed by atoms with Crippen LogP contribution >= 0.6 is 35.6 Å². The Hall–Kier alpha value is -0.640. The van der Waals surface area contributed by atoms with E-state index in [1.165, 1.54) is 0 Å². The highest BCUT2D eigenvalue weighted by Crippen LogP contribution is 2.29. The number of nitrogens with one attached hydrogen (secondary N) is 1. The molecule has 0 aliphatic carbocycles. The minimum absolute atomic E-state index is 0. The van der Waals surface area contributed by atoms with Gasteiger partial charge in [-0.05, 0) is 12.1 Å². The summed E-state index contributed by atoms with van der Waals surface area (Å²) in [5.74, 6) is 0. The molecule has 0 saturated carbocycles. The number of primary amides is 1. The van der Waals surface area contributed by atoms with Crippen LogP contribution in [0.3, 0.4) is 0 Å². The molecule has 1 aromatic rings. The van der Waals surface area contributed by atoms with Crippen molar-refractivity contribution in [3.05, 3.63) is 28.2 Å². The van der Waals surface area contributed by atoms with Gasteiger partial charge in [0.25, 0.3) is 0 Å². The zero-order valence-corrected chi connectivity index (χ0v) is 8.71. The highest BCUT2D eigenvalue weighted by Gasteiger charge is 2.04. The molecule has 1 aromatic carbocycles. The van der Waals surface area contributed by atoms with Gasteiger partial charge in [0.15, 0.2) is 0 Å². The third-order valence-corrected chi connectivity index (χ3v) is 2.03. The van der Waals surface area contributed by atoms with Gasteiger partial charge in [-0.2, -0.15) is 0 Å². The quantitative estimate of drug-likeness (QED) is 0.780. The van der Waals surface area contributed by atoms with Crippen LogP contribution in [0.1, 0.15) is 0 Å². The molecule has 0 spiro atoms. The molecule has 2 amide bonds. The highest BCUT2D eigenvalue weighted by atomic mass is 35.5. The number of hydrogen-bond donors (Lipinski definition) is 2. The summed E-state index contributed by atoms with van der Waals surface area (Å²) < 4.78 is 0. The molecule has 0 fully saturated rings. The molecule has 0 aliphatic rings. The molecular weight excluding hydrogens is 234 g/mol. The van der Waals surface area contributed by atoms with E-state index in [0.29, 0.717) is 10.7 Å². The first-order valence-corrected chi connectivity index (χ1v) is 3.87. The number of nitrogens with two attached hydrogens (primary N) is 1. The highest BCUT2D eigenvalue weighted by molar-refractivity contribution is 6.43. The van der Waals surface area contributed by atoms with Crippen molar-refractivity contribution < 1.29 is 4.79 Å². The number of carbonyl (C=O) groups excluding carboxylic acids is 1. The molecule has 0 atom stereocenters. The van der Waals surface area contributed by atoms with Gasteiger partial charge in [0, 0.05) is 0 Å². The van der Waals surface area contributed by atoms with Gasteiger partial charge in [-0.15, -0.1) is 12.4 Å². The van der Waals surface area contributed by atoms with Crippen LogP contribution in [0, 0.1) is 0 Å². The summed E-state index contributed by atoms with van der Waals surface area (Å²) in [6.45, 7) is 0. The molecule has 0 bridgehead atoms. The van der Waals surface area contributed by atoms with Crippen LogP contribution in [0.5, 0.6) is 0 Å². The van der Waals surface area contributed by atoms with Crippen molar-refractivity contribution in [1.82, 2.24) is 0 Å². The van der Waals surface area contributed by atoms with E-state index < -0.39 is 6.03 Å². The zero-order valence-electron chi connectivity index (χ0n) is 6.38. The molecule has 0 aliphatic heterocycles. The second kappa shape index (κ2) is 5.17. The van der Waals surface area contributed by atoms with E-state index in [-0.39, 0.29) is 17.4 Å². The molecule has 1 rings (SSSR count). The maximum Gasteiger partial charge on any atom is 0.316 e. The monoisotopic (exact) mass is 240 g/mol.